The molecule has 0 bridgehead atoms. The van der Waals surface area contributed by atoms with E-state index >= 15 is 0 Å². The van der Waals surface area contributed by atoms with Crippen LogP contribution in [0.5, 0.6) is 0 Å². The third kappa shape index (κ3) is 4.36. The molecule has 0 fully saturated rings. The van der Waals surface area contributed by atoms with Crippen molar-refractivity contribution in [2.24, 2.45) is 17.7 Å². The number of hydrogen-bond acceptors (Lipinski definition) is 6. The molecule has 2 rings (SSSR count). The summed E-state index contributed by atoms with van der Waals surface area (Å²) in [4.78, 5) is 12.6. The molecule has 0 atom stereocenters. The van der Waals surface area contributed by atoms with Gasteiger partial charge < -0.3 is 5.43 Å². The number of nitrogens with zero attached hydrogens (tertiary/aromatic N) is 3. The summed E-state index contributed by atoms with van der Waals surface area (Å²) >= 11 is 1.62. The average molecular weight is 307 g/mol. The maximum Gasteiger partial charge on any atom is 0.152 e. The average Bonchev–Trinajstić information content (AvgIpc) is 2.84. The quantitative estimate of drug-likeness (QED) is 0.608. The Morgan fingerprint density at radius 1 is 1.19 bits per heavy atom. The molecule has 0 aliphatic rings. The maximum atomic E-state index is 5.59. The topological polar surface area (TPSA) is 67.1 Å². The summed E-state index contributed by atoms with van der Waals surface area (Å²) in [5, 5.41) is 3.01. The van der Waals surface area contributed by atoms with E-state index in [0.717, 1.165) is 35.7 Å². The summed E-state index contributed by atoms with van der Waals surface area (Å²) < 4.78 is 0. The SMILES string of the molecule is CC(C)CN(Cc1nc(NN)c2ccsc2n1)CC(C)C. The van der Waals surface area contributed by atoms with Gasteiger partial charge in [-0.25, -0.2) is 15.8 Å². The van der Waals surface area contributed by atoms with Crippen molar-refractivity contribution in [1.29, 1.82) is 0 Å². The maximum absolute atomic E-state index is 5.59. The highest BCUT2D eigenvalue weighted by atomic mass is 32.1. The largest absolute Gasteiger partial charge is 0.308 e. The van der Waals surface area contributed by atoms with E-state index in [-0.39, 0.29) is 0 Å². The first-order valence-electron chi connectivity index (χ1n) is 7.42. The van der Waals surface area contributed by atoms with Crippen LogP contribution in [-0.4, -0.2) is 28.0 Å². The molecule has 2 heterocycles. The van der Waals surface area contributed by atoms with Gasteiger partial charge in [-0.3, -0.25) is 4.90 Å². The first kappa shape index (κ1) is 16.1. The second kappa shape index (κ2) is 7.15. The summed E-state index contributed by atoms with van der Waals surface area (Å²) in [5.41, 5.74) is 2.69. The highest BCUT2D eigenvalue weighted by Crippen LogP contribution is 2.24. The van der Waals surface area contributed by atoms with Crippen LogP contribution in [0.15, 0.2) is 11.4 Å². The predicted octanol–water partition coefficient (Wildman–Crippen LogP) is 3.09. The Hall–Kier alpha value is -1.24. The second-order valence-electron chi connectivity index (χ2n) is 6.25. The number of fused-ring (bicyclic) bond motifs is 1. The standard InChI is InChI=1S/C15H25N5S/c1-10(2)7-20(8-11(3)4)9-13-17-14(19-16)12-5-6-21-15(12)18-13/h5-6,10-11H,7-9,16H2,1-4H3,(H,17,18,19). The Labute approximate surface area is 130 Å². The molecule has 0 aliphatic heterocycles. The fraction of sp³-hybridized carbons (Fsp3) is 0.600. The van der Waals surface area contributed by atoms with E-state index in [1.54, 1.807) is 11.3 Å². The number of hydrazine groups is 1. The predicted molar refractivity (Wildman–Crippen MR) is 90.2 cm³/mol. The Bertz CT molecular complexity index is 568. The van der Waals surface area contributed by atoms with Gasteiger partial charge in [0.05, 0.1) is 11.9 Å². The van der Waals surface area contributed by atoms with Crippen molar-refractivity contribution in [3.05, 3.63) is 17.3 Å². The van der Waals surface area contributed by atoms with Gasteiger partial charge in [0, 0.05) is 13.1 Å². The number of nitrogens with two attached hydrogens (primary N) is 1. The normalized spacial score (nSPS) is 12.0. The van der Waals surface area contributed by atoms with Crippen LogP contribution in [-0.2, 0) is 6.54 Å². The summed E-state index contributed by atoms with van der Waals surface area (Å²) in [7, 11) is 0. The zero-order chi connectivity index (χ0) is 15.4. The fourth-order valence-electron chi connectivity index (χ4n) is 2.52. The molecule has 2 aromatic rings. The van der Waals surface area contributed by atoms with Gasteiger partial charge in [0.25, 0.3) is 0 Å². The molecular weight excluding hydrogens is 282 g/mol. The molecule has 21 heavy (non-hydrogen) atoms. The molecule has 0 aromatic carbocycles. The van der Waals surface area contributed by atoms with Crippen LogP contribution in [0.4, 0.5) is 5.82 Å². The van der Waals surface area contributed by atoms with Gasteiger partial charge in [-0.15, -0.1) is 11.3 Å². The van der Waals surface area contributed by atoms with Gasteiger partial charge in [-0.05, 0) is 23.3 Å². The third-order valence-electron chi connectivity index (χ3n) is 3.12. The van der Waals surface area contributed by atoms with E-state index in [9.17, 15) is 0 Å². The smallest absolute Gasteiger partial charge is 0.152 e. The van der Waals surface area contributed by atoms with Crippen molar-refractivity contribution in [3.8, 4) is 0 Å². The molecule has 0 radical (unpaired) electrons. The summed E-state index contributed by atoms with van der Waals surface area (Å²) in [6.07, 6.45) is 0. The van der Waals surface area contributed by atoms with E-state index < -0.39 is 0 Å². The van der Waals surface area contributed by atoms with Crippen molar-refractivity contribution in [2.75, 3.05) is 18.5 Å². The minimum atomic E-state index is 0.626. The van der Waals surface area contributed by atoms with Gasteiger partial charge in [-0.1, -0.05) is 27.7 Å². The zero-order valence-electron chi connectivity index (χ0n) is 13.3. The molecule has 2 aromatic heterocycles. The van der Waals surface area contributed by atoms with Gasteiger partial charge in [0.1, 0.15) is 10.7 Å². The molecule has 0 unspecified atom stereocenters. The Balaban J connectivity index is 2.22. The number of aromatic nitrogens is 2. The number of anilines is 1. The van der Waals surface area contributed by atoms with Crippen molar-refractivity contribution in [2.45, 2.75) is 34.2 Å². The van der Waals surface area contributed by atoms with Crippen molar-refractivity contribution in [1.82, 2.24) is 14.9 Å². The molecule has 0 saturated carbocycles. The summed E-state index contributed by atoms with van der Waals surface area (Å²) in [6, 6.07) is 2.00. The van der Waals surface area contributed by atoms with Crippen LogP contribution in [0.1, 0.15) is 33.5 Å². The third-order valence-corrected chi connectivity index (χ3v) is 3.93. The molecule has 6 heteroatoms. The lowest BCUT2D eigenvalue weighted by Gasteiger charge is -2.25. The van der Waals surface area contributed by atoms with Crippen molar-refractivity contribution >= 4 is 27.4 Å². The van der Waals surface area contributed by atoms with Gasteiger partial charge >= 0.3 is 0 Å². The molecule has 5 nitrogen and oxygen atoms in total. The van der Waals surface area contributed by atoms with Crippen LogP contribution in [0.3, 0.4) is 0 Å². The molecule has 0 amide bonds. The van der Waals surface area contributed by atoms with Gasteiger partial charge in [0.15, 0.2) is 5.82 Å². The minimum absolute atomic E-state index is 0.626. The number of thiophene rings is 1. The van der Waals surface area contributed by atoms with Gasteiger partial charge in [0.2, 0.25) is 0 Å². The van der Waals surface area contributed by atoms with E-state index in [0.29, 0.717) is 17.7 Å². The highest BCUT2D eigenvalue weighted by Gasteiger charge is 2.14. The molecular formula is C15H25N5S. The van der Waals surface area contributed by atoms with E-state index in [2.05, 4.69) is 48.0 Å². The van der Waals surface area contributed by atoms with Crippen LogP contribution < -0.4 is 11.3 Å². The first-order valence-corrected chi connectivity index (χ1v) is 8.30. The first-order chi connectivity index (χ1) is 9.99. The Morgan fingerprint density at radius 2 is 1.86 bits per heavy atom. The van der Waals surface area contributed by atoms with Crippen LogP contribution >= 0.6 is 11.3 Å². The molecule has 0 spiro atoms. The minimum Gasteiger partial charge on any atom is -0.308 e. The Morgan fingerprint density at radius 3 is 2.43 bits per heavy atom. The van der Waals surface area contributed by atoms with E-state index in [1.165, 1.54) is 0 Å². The molecule has 3 N–H and O–H groups in total. The fourth-order valence-corrected chi connectivity index (χ4v) is 3.30. The Kier molecular flexibility index (Phi) is 5.50. The molecule has 0 aliphatic carbocycles. The lowest BCUT2D eigenvalue weighted by Crippen LogP contribution is -2.31. The van der Waals surface area contributed by atoms with Crippen molar-refractivity contribution < 1.29 is 0 Å². The van der Waals surface area contributed by atoms with Crippen molar-refractivity contribution in [3.63, 3.8) is 0 Å². The monoisotopic (exact) mass is 307 g/mol. The summed E-state index contributed by atoms with van der Waals surface area (Å²) in [6.45, 7) is 11.8. The summed E-state index contributed by atoms with van der Waals surface area (Å²) in [5.74, 6) is 8.39. The van der Waals surface area contributed by atoms with Crippen LogP contribution in [0.2, 0.25) is 0 Å². The lowest BCUT2D eigenvalue weighted by molar-refractivity contribution is 0.207. The van der Waals surface area contributed by atoms with Crippen LogP contribution in [0, 0.1) is 11.8 Å². The van der Waals surface area contributed by atoms with E-state index in [4.69, 9.17) is 5.84 Å². The number of rotatable bonds is 7. The number of hydrogen-bond donors (Lipinski definition) is 2. The number of nitrogen functional groups attached to an aromatic ring is 1. The number of nitrogens with one attached hydrogen (secondary N) is 1. The van der Waals surface area contributed by atoms with E-state index in [1.807, 2.05) is 11.4 Å². The molecule has 0 saturated heterocycles. The zero-order valence-corrected chi connectivity index (χ0v) is 14.1. The van der Waals surface area contributed by atoms with Crippen LogP contribution in [0.25, 0.3) is 10.2 Å². The van der Waals surface area contributed by atoms with Gasteiger partial charge in [-0.2, -0.15) is 0 Å². The molecule has 116 valence electrons. The highest BCUT2D eigenvalue weighted by molar-refractivity contribution is 7.16. The second-order valence-corrected chi connectivity index (χ2v) is 7.15. The lowest BCUT2D eigenvalue weighted by atomic mass is 10.1.